The molecule has 1 heterocycles. The number of benzene rings is 1. The molecule has 0 spiro atoms. The van der Waals surface area contributed by atoms with Gasteiger partial charge in [-0.2, -0.15) is 0 Å². The monoisotopic (exact) mass is 540 g/mol. The van der Waals surface area contributed by atoms with Crippen LogP contribution in [-0.2, 0) is 28.7 Å². The molecular formula is C18H26FIN4O2S2. The highest BCUT2D eigenvalue weighted by Crippen LogP contribution is 2.19. The average Bonchev–Trinajstić information content (AvgIpc) is 3.05. The van der Waals surface area contributed by atoms with E-state index < -0.39 is 15.7 Å². The van der Waals surface area contributed by atoms with Crippen molar-refractivity contribution in [3.05, 3.63) is 51.2 Å². The summed E-state index contributed by atoms with van der Waals surface area (Å²) in [5, 5.41) is 9.34. The third kappa shape index (κ3) is 8.00. The number of aliphatic imine (C=N–C) groups is 1. The standard InChI is InChI=1S/C18H25FN4O2S2.HI/c1-12(2)17-23-16(10-26-17)9-22-18(20-3)21-8-14-7-15(19)6-5-13(14)11-27(4,24)25;/h5-7,10,12H,8-9,11H2,1-4H3,(H2,20,21,22);1H. The van der Waals surface area contributed by atoms with Gasteiger partial charge in [0.1, 0.15) is 5.82 Å². The molecule has 1 aromatic carbocycles. The topological polar surface area (TPSA) is 83.4 Å². The van der Waals surface area contributed by atoms with Crippen LogP contribution in [0.3, 0.4) is 0 Å². The molecule has 0 saturated carbocycles. The van der Waals surface area contributed by atoms with Crippen LogP contribution >= 0.6 is 35.3 Å². The molecule has 0 aliphatic rings. The molecule has 0 aliphatic carbocycles. The molecule has 0 amide bonds. The van der Waals surface area contributed by atoms with Gasteiger partial charge in [-0.25, -0.2) is 17.8 Å². The van der Waals surface area contributed by atoms with Gasteiger partial charge in [-0.05, 0) is 23.3 Å². The van der Waals surface area contributed by atoms with Crippen LogP contribution < -0.4 is 10.6 Å². The molecular weight excluding hydrogens is 514 g/mol. The molecule has 0 fully saturated rings. The van der Waals surface area contributed by atoms with Crippen LogP contribution in [0, 0.1) is 5.82 Å². The van der Waals surface area contributed by atoms with Crippen molar-refractivity contribution < 1.29 is 12.8 Å². The van der Waals surface area contributed by atoms with Crippen molar-refractivity contribution in [2.24, 2.45) is 4.99 Å². The van der Waals surface area contributed by atoms with Crippen molar-refractivity contribution >= 4 is 51.1 Å². The van der Waals surface area contributed by atoms with Gasteiger partial charge in [0.15, 0.2) is 15.8 Å². The normalized spacial score (nSPS) is 12.0. The van der Waals surface area contributed by atoms with Gasteiger partial charge >= 0.3 is 0 Å². The van der Waals surface area contributed by atoms with E-state index in [1.165, 1.54) is 18.2 Å². The SMILES string of the molecule is CN=C(NCc1csc(C(C)C)n1)NCc1cc(F)ccc1CS(C)(=O)=O.I. The summed E-state index contributed by atoms with van der Waals surface area (Å²) < 4.78 is 36.8. The number of guanidine groups is 1. The van der Waals surface area contributed by atoms with E-state index in [9.17, 15) is 12.8 Å². The Hall–Kier alpha value is -1.27. The smallest absolute Gasteiger partial charge is 0.191 e. The fraction of sp³-hybridized carbons (Fsp3) is 0.444. The van der Waals surface area contributed by atoms with E-state index in [-0.39, 0.29) is 36.3 Å². The Morgan fingerprint density at radius 2 is 1.93 bits per heavy atom. The number of sulfone groups is 1. The van der Waals surface area contributed by atoms with Crippen LogP contribution in [0.5, 0.6) is 0 Å². The second-order valence-corrected chi connectivity index (χ2v) is 9.62. The van der Waals surface area contributed by atoms with E-state index in [0.29, 0.717) is 29.5 Å². The van der Waals surface area contributed by atoms with Crippen LogP contribution in [0.25, 0.3) is 0 Å². The summed E-state index contributed by atoms with van der Waals surface area (Å²) in [6, 6.07) is 4.12. The highest BCUT2D eigenvalue weighted by molar-refractivity contribution is 14.0. The molecule has 2 N–H and O–H groups in total. The molecule has 10 heteroatoms. The van der Waals surface area contributed by atoms with E-state index in [1.807, 2.05) is 5.38 Å². The Kier molecular flexibility index (Phi) is 9.78. The lowest BCUT2D eigenvalue weighted by molar-refractivity contribution is 0.599. The van der Waals surface area contributed by atoms with Gasteiger partial charge in [0.05, 0.1) is 23.0 Å². The molecule has 28 heavy (non-hydrogen) atoms. The quantitative estimate of drug-likeness (QED) is 0.320. The number of hydrogen-bond donors (Lipinski definition) is 2. The van der Waals surface area contributed by atoms with Gasteiger partial charge in [0.2, 0.25) is 0 Å². The van der Waals surface area contributed by atoms with E-state index in [1.54, 1.807) is 18.4 Å². The van der Waals surface area contributed by atoms with E-state index in [0.717, 1.165) is 17.0 Å². The molecule has 0 atom stereocenters. The largest absolute Gasteiger partial charge is 0.352 e. The molecule has 156 valence electrons. The van der Waals surface area contributed by atoms with Crippen molar-refractivity contribution in [3.8, 4) is 0 Å². The van der Waals surface area contributed by atoms with Gasteiger partial charge in [-0.3, -0.25) is 4.99 Å². The fourth-order valence-corrected chi connectivity index (χ4v) is 4.11. The first-order valence-electron chi connectivity index (χ1n) is 8.51. The number of hydrogen-bond acceptors (Lipinski definition) is 5. The number of rotatable bonds is 7. The summed E-state index contributed by atoms with van der Waals surface area (Å²) in [7, 11) is -1.57. The number of nitrogens with one attached hydrogen (secondary N) is 2. The van der Waals surface area contributed by atoms with Crippen molar-refractivity contribution in [2.75, 3.05) is 13.3 Å². The zero-order chi connectivity index (χ0) is 20.0. The lowest BCUT2D eigenvalue weighted by atomic mass is 10.1. The number of halogens is 2. The Balaban J connectivity index is 0.00000392. The van der Waals surface area contributed by atoms with Crippen LogP contribution in [0.1, 0.15) is 41.6 Å². The lowest BCUT2D eigenvalue weighted by Gasteiger charge is -2.14. The van der Waals surface area contributed by atoms with Gasteiger partial charge in [-0.15, -0.1) is 35.3 Å². The van der Waals surface area contributed by atoms with E-state index in [2.05, 4.69) is 34.5 Å². The first-order chi connectivity index (χ1) is 12.7. The molecule has 2 aromatic rings. The molecule has 0 saturated heterocycles. The maximum atomic E-state index is 13.6. The Bertz CT molecular complexity index is 914. The number of thiazole rings is 1. The molecule has 1 aromatic heterocycles. The van der Waals surface area contributed by atoms with Gasteiger partial charge < -0.3 is 10.6 Å². The Labute approximate surface area is 187 Å². The van der Waals surface area contributed by atoms with Crippen molar-refractivity contribution in [2.45, 2.75) is 38.6 Å². The molecule has 0 aliphatic heterocycles. The summed E-state index contributed by atoms with van der Waals surface area (Å²) >= 11 is 1.63. The minimum absolute atomic E-state index is 0. The Morgan fingerprint density at radius 3 is 2.50 bits per heavy atom. The third-order valence-electron chi connectivity index (χ3n) is 3.76. The average molecular weight is 540 g/mol. The van der Waals surface area contributed by atoms with Gasteiger partial charge in [0, 0.05) is 31.1 Å². The van der Waals surface area contributed by atoms with Crippen molar-refractivity contribution in [1.29, 1.82) is 0 Å². The minimum atomic E-state index is -3.21. The second-order valence-electron chi connectivity index (χ2n) is 6.59. The van der Waals surface area contributed by atoms with Crippen LogP contribution in [0.4, 0.5) is 4.39 Å². The fourth-order valence-electron chi connectivity index (χ4n) is 2.43. The van der Waals surface area contributed by atoms with Crippen LogP contribution in [0.2, 0.25) is 0 Å². The van der Waals surface area contributed by atoms with Crippen molar-refractivity contribution in [1.82, 2.24) is 15.6 Å². The minimum Gasteiger partial charge on any atom is -0.352 e. The first-order valence-corrected chi connectivity index (χ1v) is 11.5. The Morgan fingerprint density at radius 1 is 1.25 bits per heavy atom. The van der Waals surface area contributed by atoms with Crippen LogP contribution in [0.15, 0.2) is 28.6 Å². The summed E-state index contributed by atoms with van der Waals surface area (Å²) in [4.78, 5) is 8.70. The maximum absolute atomic E-state index is 13.6. The highest BCUT2D eigenvalue weighted by atomic mass is 127. The summed E-state index contributed by atoms with van der Waals surface area (Å²) in [6.45, 7) is 4.98. The zero-order valence-corrected chi connectivity index (χ0v) is 20.3. The molecule has 2 rings (SSSR count). The summed E-state index contributed by atoms with van der Waals surface area (Å²) in [5.41, 5.74) is 2.08. The van der Waals surface area contributed by atoms with Gasteiger partial charge in [0.25, 0.3) is 0 Å². The van der Waals surface area contributed by atoms with E-state index >= 15 is 0 Å². The summed E-state index contributed by atoms with van der Waals surface area (Å²) in [5.74, 6) is 0.384. The van der Waals surface area contributed by atoms with Gasteiger partial charge in [-0.1, -0.05) is 19.9 Å². The second kappa shape index (κ2) is 11.1. The molecule has 0 bridgehead atoms. The van der Waals surface area contributed by atoms with Crippen molar-refractivity contribution in [3.63, 3.8) is 0 Å². The first kappa shape index (κ1) is 24.8. The zero-order valence-electron chi connectivity index (χ0n) is 16.3. The molecule has 0 unspecified atom stereocenters. The highest BCUT2D eigenvalue weighted by Gasteiger charge is 2.11. The maximum Gasteiger partial charge on any atom is 0.191 e. The lowest BCUT2D eigenvalue weighted by Crippen LogP contribution is -2.36. The van der Waals surface area contributed by atoms with Crippen LogP contribution in [-0.4, -0.2) is 32.7 Å². The third-order valence-corrected chi connectivity index (χ3v) is 5.79. The predicted octanol–water partition coefficient (Wildman–Crippen LogP) is 3.43. The number of nitrogens with zero attached hydrogens (tertiary/aromatic N) is 2. The molecule has 6 nitrogen and oxygen atoms in total. The molecule has 0 radical (unpaired) electrons. The number of aromatic nitrogens is 1. The van der Waals surface area contributed by atoms with E-state index in [4.69, 9.17) is 0 Å². The predicted molar refractivity (Wildman–Crippen MR) is 124 cm³/mol. The summed E-state index contributed by atoms with van der Waals surface area (Å²) in [6.07, 6.45) is 1.16.